The summed E-state index contributed by atoms with van der Waals surface area (Å²) in [7, 11) is -4.00. The van der Waals surface area contributed by atoms with Crippen molar-refractivity contribution in [3.05, 3.63) is 111 Å². The number of amides is 1. The second kappa shape index (κ2) is 10.7. The van der Waals surface area contributed by atoms with Crippen LogP contribution in [0.3, 0.4) is 0 Å². The second-order valence-corrected chi connectivity index (χ2v) is 12.9. The summed E-state index contributed by atoms with van der Waals surface area (Å²) in [4.78, 5) is 42.4. The van der Waals surface area contributed by atoms with E-state index in [0.29, 0.717) is 23.5 Å². The molecule has 1 N–H and O–H groups in total. The molecule has 2 aliphatic rings. The Morgan fingerprint density at radius 2 is 1.71 bits per heavy atom. The summed E-state index contributed by atoms with van der Waals surface area (Å²) in [6, 6.07) is 20.2. The molecule has 208 valence electrons. The van der Waals surface area contributed by atoms with Crippen LogP contribution in [0.15, 0.2) is 82.6 Å². The zero-order chi connectivity index (χ0) is 28.7. The van der Waals surface area contributed by atoms with Crippen LogP contribution in [0.2, 0.25) is 0 Å². The zero-order valence-corrected chi connectivity index (χ0v) is 23.8. The quantitative estimate of drug-likeness (QED) is 0.275. The van der Waals surface area contributed by atoms with E-state index in [9.17, 15) is 22.8 Å². The van der Waals surface area contributed by atoms with E-state index in [0.717, 1.165) is 23.5 Å². The van der Waals surface area contributed by atoms with E-state index in [1.54, 1.807) is 19.1 Å². The fourth-order valence-electron chi connectivity index (χ4n) is 5.34. The average molecular weight is 587 g/mol. The molecule has 1 amide bonds. The van der Waals surface area contributed by atoms with Gasteiger partial charge in [-0.3, -0.25) is 14.5 Å². The van der Waals surface area contributed by atoms with Gasteiger partial charge in [-0.1, -0.05) is 42.5 Å². The van der Waals surface area contributed by atoms with Crippen molar-refractivity contribution in [1.29, 1.82) is 0 Å². The largest absolute Gasteiger partial charge is 0.462 e. The normalized spacial score (nSPS) is 15.4. The summed E-state index contributed by atoms with van der Waals surface area (Å²) < 4.78 is 32.0. The smallest absolute Gasteiger partial charge is 0.341 e. The molecule has 2 aliphatic heterocycles. The number of esters is 1. The number of ketones is 1. The monoisotopic (exact) mass is 586 g/mol. The Kier molecular flexibility index (Phi) is 7.06. The van der Waals surface area contributed by atoms with E-state index in [4.69, 9.17) is 4.74 Å². The lowest BCUT2D eigenvalue weighted by Crippen LogP contribution is -2.29. The molecule has 0 bridgehead atoms. The van der Waals surface area contributed by atoms with Crippen molar-refractivity contribution >= 4 is 43.8 Å². The molecular weight excluding hydrogens is 560 g/mol. The molecule has 41 heavy (non-hydrogen) atoms. The van der Waals surface area contributed by atoms with Gasteiger partial charge in [-0.2, -0.15) is 0 Å². The number of hydrogen-bond donors (Lipinski definition) is 1. The van der Waals surface area contributed by atoms with Crippen LogP contribution in [-0.2, 0) is 34.1 Å². The van der Waals surface area contributed by atoms with Gasteiger partial charge in [0, 0.05) is 41.2 Å². The number of carbonyl (C=O) groups excluding carboxylic acids is 3. The Morgan fingerprint density at radius 3 is 2.49 bits per heavy atom. The van der Waals surface area contributed by atoms with Crippen LogP contribution in [-0.4, -0.2) is 44.1 Å². The van der Waals surface area contributed by atoms with E-state index in [1.807, 2.05) is 18.2 Å². The Bertz CT molecular complexity index is 1810. The molecule has 8 nitrogen and oxygen atoms in total. The lowest BCUT2D eigenvalue weighted by molar-refractivity contribution is 0.0526. The molecule has 0 aliphatic carbocycles. The van der Waals surface area contributed by atoms with Gasteiger partial charge in [-0.25, -0.2) is 13.2 Å². The molecule has 0 saturated heterocycles. The van der Waals surface area contributed by atoms with Crippen LogP contribution in [0, 0.1) is 0 Å². The van der Waals surface area contributed by atoms with Crippen molar-refractivity contribution in [1.82, 2.24) is 4.90 Å². The molecule has 3 heterocycles. The fraction of sp³-hybridized carbons (Fsp3) is 0.194. The van der Waals surface area contributed by atoms with E-state index < -0.39 is 27.5 Å². The van der Waals surface area contributed by atoms with Crippen LogP contribution in [0.5, 0.6) is 0 Å². The summed E-state index contributed by atoms with van der Waals surface area (Å²) in [6.45, 7) is 4.05. The lowest BCUT2D eigenvalue weighted by Gasteiger charge is -2.27. The van der Waals surface area contributed by atoms with Gasteiger partial charge in [-0.05, 0) is 54.8 Å². The number of nitrogens with one attached hydrogen (secondary N) is 1. The summed E-state index contributed by atoms with van der Waals surface area (Å²) in [5, 5.41) is 3.20. The molecule has 10 heteroatoms. The van der Waals surface area contributed by atoms with Crippen LogP contribution < -0.4 is 5.32 Å². The summed E-state index contributed by atoms with van der Waals surface area (Å²) >= 11 is 1.33. The van der Waals surface area contributed by atoms with Gasteiger partial charge in [0.2, 0.25) is 9.84 Å². The van der Waals surface area contributed by atoms with Gasteiger partial charge in [0.05, 0.1) is 22.0 Å². The van der Waals surface area contributed by atoms with Gasteiger partial charge < -0.3 is 10.1 Å². The standard InChI is InChI=1S/C31H26N2O6S2/c1-2-39-31(36)27-21-14-15-33(17-19-8-4-3-5-9-19)18-24(21)40-30(27)32-29(35)20-12-13-23-26(16-20)41(37,38)25-11-7-6-10-22(25)28(23)34/h3-13,16H,2,14-15,17-18H2,1H3,(H,32,35). The number of sulfone groups is 1. The Hall–Kier alpha value is -4.12. The highest BCUT2D eigenvalue weighted by atomic mass is 32.2. The minimum absolute atomic E-state index is 0.0255. The van der Waals surface area contributed by atoms with E-state index in [2.05, 4.69) is 22.3 Å². The fourth-order valence-corrected chi connectivity index (χ4v) is 8.29. The maximum Gasteiger partial charge on any atom is 0.341 e. The van der Waals surface area contributed by atoms with Crippen LogP contribution in [0.4, 0.5) is 5.00 Å². The maximum atomic E-state index is 13.4. The third-order valence-electron chi connectivity index (χ3n) is 7.29. The molecule has 0 radical (unpaired) electrons. The number of hydrogen-bond acceptors (Lipinski definition) is 8. The molecule has 0 spiro atoms. The first-order valence-electron chi connectivity index (χ1n) is 13.2. The third-order valence-corrected chi connectivity index (χ3v) is 10.3. The number of thiophene rings is 1. The summed E-state index contributed by atoms with van der Waals surface area (Å²) in [5.74, 6) is -1.50. The molecule has 1 aromatic heterocycles. The first kappa shape index (κ1) is 27.1. The predicted octanol–water partition coefficient (Wildman–Crippen LogP) is 5.11. The Labute approximate surface area is 241 Å². The van der Waals surface area contributed by atoms with Gasteiger partial charge in [0.15, 0.2) is 5.78 Å². The summed E-state index contributed by atoms with van der Waals surface area (Å²) in [5.41, 5.74) is 2.60. The SMILES string of the molecule is CCOC(=O)c1c(NC(=O)c2ccc3c(c2)S(=O)(=O)c2ccccc2C3=O)sc2c1CCN(Cc1ccccc1)C2. The summed E-state index contributed by atoms with van der Waals surface area (Å²) in [6.07, 6.45) is 0.626. The molecule has 0 unspecified atom stereocenters. The van der Waals surface area contributed by atoms with Crippen molar-refractivity contribution in [2.24, 2.45) is 0 Å². The van der Waals surface area contributed by atoms with Crippen molar-refractivity contribution in [2.75, 3.05) is 18.5 Å². The second-order valence-electron chi connectivity index (χ2n) is 9.87. The molecule has 6 rings (SSSR count). The maximum absolute atomic E-state index is 13.4. The van der Waals surface area contributed by atoms with E-state index >= 15 is 0 Å². The van der Waals surface area contributed by atoms with Gasteiger partial charge in [0.25, 0.3) is 5.91 Å². The van der Waals surface area contributed by atoms with Crippen LogP contribution in [0.1, 0.15) is 59.6 Å². The molecule has 0 fully saturated rings. The molecule has 3 aromatic carbocycles. The topological polar surface area (TPSA) is 110 Å². The van der Waals surface area contributed by atoms with Crippen molar-refractivity contribution in [3.63, 3.8) is 0 Å². The predicted molar refractivity (Wildman–Crippen MR) is 154 cm³/mol. The highest BCUT2D eigenvalue weighted by molar-refractivity contribution is 7.91. The van der Waals surface area contributed by atoms with Gasteiger partial charge in [0.1, 0.15) is 5.00 Å². The average Bonchev–Trinajstić information content (AvgIpc) is 3.33. The van der Waals surface area contributed by atoms with Gasteiger partial charge >= 0.3 is 5.97 Å². The number of fused-ring (bicyclic) bond motifs is 3. The zero-order valence-electron chi connectivity index (χ0n) is 22.2. The van der Waals surface area contributed by atoms with E-state index in [-0.39, 0.29) is 33.1 Å². The Balaban J connectivity index is 1.31. The number of ether oxygens (including phenoxy) is 1. The van der Waals surface area contributed by atoms with Gasteiger partial charge in [-0.15, -0.1) is 11.3 Å². The number of carbonyl (C=O) groups is 3. The Morgan fingerprint density at radius 1 is 0.976 bits per heavy atom. The highest BCUT2D eigenvalue weighted by Crippen LogP contribution is 2.39. The number of benzene rings is 3. The van der Waals surface area contributed by atoms with Crippen molar-refractivity contribution < 1.29 is 27.5 Å². The molecular formula is C31H26N2O6S2. The number of rotatable bonds is 6. The third kappa shape index (κ3) is 4.88. The highest BCUT2D eigenvalue weighted by Gasteiger charge is 2.35. The van der Waals surface area contributed by atoms with Crippen molar-refractivity contribution in [2.45, 2.75) is 36.2 Å². The molecule has 0 saturated carbocycles. The van der Waals surface area contributed by atoms with E-state index in [1.165, 1.54) is 47.2 Å². The number of nitrogens with zero attached hydrogens (tertiary/aromatic N) is 1. The molecule has 4 aromatic rings. The minimum atomic E-state index is -4.00. The lowest BCUT2D eigenvalue weighted by atomic mass is 10.0. The first-order chi connectivity index (χ1) is 19.8. The number of anilines is 1. The minimum Gasteiger partial charge on any atom is -0.462 e. The van der Waals surface area contributed by atoms with Crippen LogP contribution in [0.25, 0.3) is 0 Å². The van der Waals surface area contributed by atoms with Crippen molar-refractivity contribution in [3.8, 4) is 0 Å². The van der Waals surface area contributed by atoms with Crippen LogP contribution >= 0.6 is 11.3 Å². The molecule has 0 atom stereocenters. The first-order valence-corrected chi connectivity index (χ1v) is 15.5.